The number of nitrogens with zero attached hydrogens (tertiary/aromatic N) is 2. The van der Waals surface area contributed by atoms with Gasteiger partial charge in [-0.3, -0.25) is 4.68 Å². The Hall–Kier alpha value is -0.830. The van der Waals surface area contributed by atoms with E-state index in [4.69, 9.17) is 0 Å². The molecule has 0 bridgehead atoms. The van der Waals surface area contributed by atoms with E-state index in [1.165, 1.54) is 6.42 Å². The fraction of sp³-hybridized carbons (Fsp3) is 0.571. The standard InChI is InChI=1S/C7H11N3/c1-3-9-10(5-1)7-2-4-8-6-7/h1,3,5,7-8H,2,4,6H2/t7-/m0/s1. The maximum absolute atomic E-state index is 4.17. The smallest absolute Gasteiger partial charge is 0.0655 e. The van der Waals surface area contributed by atoms with E-state index >= 15 is 0 Å². The summed E-state index contributed by atoms with van der Waals surface area (Å²) in [7, 11) is 0. The molecule has 54 valence electrons. The molecule has 1 aliphatic heterocycles. The average molecular weight is 137 g/mol. The van der Waals surface area contributed by atoms with Gasteiger partial charge < -0.3 is 5.32 Å². The zero-order chi connectivity index (χ0) is 6.81. The fourth-order valence-corrected chi connectivity index (χ4v) is 1.36. The maximum atomic E-state index is 4.17. The molecule has 0 amide bonds. The number of hydrogen-bond acceptors (Lipinski definition) is 2. The van der Waals surface area contributed by atoms with E-state index < -0.39 is 0 Å². The van der Waals surface area contributed by atoms with Crippen molar-refractivity contribution in [2.24, 2.45) is 0 Å². The summed E-state index contributed by atoms with van der Waals surface area (Å²) in [4.78, 5) is 0. The molecule has 0 unspecified atom stereocenters. The van der Waals surface area contributed by atoms with E-state index in [9.17, 15) is 0 Å². The molecule has 1 saturated heterocycles. The maximum Gasteiger partial charge on any atom is 0.0655 e. The van der Waals surface area contributed by atoms with Crippen molar-refractivity contribution < 1.29 is 0 Å². The second kappa shape index (κ2) is 2.42. The van der Waals surface area contributed by atoms with E-state index in [1.807, 2.05) is 23.1 Å². The number of nitrogens with one attached hydrogen (secondary N) is 1. The van der Waals surface area contributed by atoms with Crippen LogP contribution in [0.25, 0.3) is 0 Å². The Morgan fingerprint density at radius 1 is 1.60 bits per heavy atom. The van der Waals surface area contributed by atoms with E-state index in [1.54, 1.807) is 0 Å². The monoisotopic (exact) mass is 137 g/mol. The Morgan fingerprint density at radius 2 is 2.60 bits per heavy atom. The van der Waals surface area contributed by atoms with Gasteiger partial charge in [0.1, 0.15) is 0 Å². The Morgan fingerprint density at radius 3 is 3.20 bits per heavy atom. The summed E-state index contributed by atoms with van der Waals surface area (Å²) < 4.78 is 2.03. The average Bonchev–Trinajstić information content (AvgIpc) is 2.59. The van der Waals surface area contributed by atoms with Crippen LogP contribution in [-0.4, -0.2) is 22.9 Å². The highest BCUT2D eigenvalue weighted by molar-refractivity contribution is 4.84. The van der Waals surface area contributed by atoms with Gasteiger partial charge in [0, 0.05) is 18.9 Å². The van der Waals surface area contributed by atoms with Crippen molar-refractivity contribution in [2.45, 2.75) is 12.5 Å². The van der Waals surface area contributed by atoms with Crippen LogP contribution in [0.2, 0.25) is 0 Å². The molecule has 0 aromatic carbocycles. The third-order valence-electron chi connectivity index (χ3n) is 1.93. The van der Waals surface area contributed by atoms with Gasteiger partial charge in [0.05, 0.1) is 6.04 Å². The third-order valence-corrected chi connectivity index (χ3v) is 1.93. The minimum Gasteiger partial charge on any atom is -0.315 e. The largest absolute Gasteiger partial charge is 0.315 e. The van der Waals surface area contributed by atoms with E-state index in [0.29, 0.717) is 6.04 Å². The lowest BCUT2D eigenvalue weighted by Crippen LogP contribution is -2.13. The minimum atomic E-state index is 0.593. The van der Waals surface area contributed by atoms with Crippen molar-refractivity contribution >= 4 is 0 Å². The first-order valence-corrected chi connectivity index (χ1v) is 3.66. The molecule has 1 aromatic heterocycles. The van der Waals surface area contributed by atoms with Gasteiger partial charge in [0.15, 0.2) is 0 Å². The van der Waals surface area contributed by atoms with Crippen LogP contribution in [0, 0.1) is 0 Å². The quantitative estimate of drug-likeness (QED) is 0.608. The van der Waals surface area contributed by atoms with Gasteiger partial charge in [0.25, 0.3) is 0 Å². The first kappa shape index (κ1) is 5.92. The van der Waals surface area contributed by atoms with Crippen LogP contribution >= 0.6 is 0 Å². The van der Waals surface area contributed by atoms with E-state index in [2.05, 4.69) is 10.4 Å². The van der Waals surface area contributed by atoms with Gasteiger partial charge in [-0.2, -0.15) is 5.10 Å². The second-order valence-corrected chi connectivity index (χ2v) is 2.63. The van der Waals surface area contributed by atoms with Gasteiger partial charge in [-0.05, 0) is 19.0 Å². The second-order valence-electron chi connectivity index (χ2n) is 2.63. The van der Waals surface area contributed by atoms with Crippen molar-refractivity contribution in [3.8, 4) is 0 Å². The summed E-state index contributed by atoms with van der Waals surface area (Å²) in [5.41, 5.74) is 0. The van der Waals surface area contributed by atoms with Crippen LogP contribution in [0.3, 0.4) is 0 Å². The minimum absolute atomic E-state index is 0.593. The summed E-state index contributed by atoms with van der Waals surface area (Å²) >= 11 is 0. The Bertz CT molecular complexity index is 187. The van der Waals surface area contributed by atoms with Crippen LogP contribution < -0.4 is 5.32 Å². The van der Waals surface area contributed by atoms with Gasteiger partial charge in [-0.1, -0.05) is 0 Å². The lowest BCUT2D eigenvalue weighted by molar-refractivity contribution is 0.491. The Labute approximate surface area is 60.0 Å². The molecular weight excluding hydrogens is 126 g/mol. The van der Waals surface area contributed by atoms with Crippen molar-refractivity contribution in [1.82, 2.24) is 15.1 Å². The number of aromatic nitrogens is 2. The van der Waals surface area contributed by atoms with Crippen molar-refractivity contribution in [3.05, 3.63) is 18.5 Å². The molecule has 1 aliphatic rings. The lowest BCUT2D eigenvalue weighted by Gasteiger charge is -2.06. The predicted molar refractivity (Wildman–Crippen MR) is 38.8 cm³/mol. The highest BCUT2D eigenvalue weighted by atomic mass is 15.3. The Balaban J connectivity index is 2.12. The van der Waals surface area contributed by atoms with E-state index in [-0.39, 0.29) is 0 Å². The molecule has 0 spiro atoms. The van der Waals surface area contributed by atoms with Crippen molar-refractivity contribution in [2.75, 3.05) is 13.1 Å². The van der Waals surface area contributed by atoms with Crippen LogP contribution in [0.5, 0.6) is 0 Å². The highest BCUT2D eigenvalue weighted by Gasteiger charge is 2.15. The van der Waals surface area contributed by atoms with Crippen LogP contribution in [-0.2, 0) is 0 Å². The molecule has 2 heterocycles. The molecule has 3 heteroatoms. The molecule has 3 nitrogen and oxygen atoms in total. The van der Waals surface area contributed by atoms with Gasteiger partial charge >= 0.3 is 0 Å². The Kier molecular flexibility index (Phi) is 1.43. The zero-order valence-corrected chi connectivity index (χ0v) is 5.83. The van der Waals surface area contributed by atoms with Crippen molar-refractivity contribution in [3.63, 3.8) is 0 Å². The van der Waals surface area contributed by atoms with Crippen LogP contribution in [0.4, 0.5) is 0 Å². The zero-order valence-electron chi connectivity index (χ0n) is 5.83. The van der Waals surface area contributed by atoms with Gasteiger partial charge in [-0.25, -0.2) is 0 Å². The van der Waals surface area contributed by atoms with Gasteiger partial charge in [-0.15, -0.1) is 0 Å². The fourth-order valence-electron chi connectivity index (χ4n) is 1.36. The predicted octanol–water partition coefficient (Wildman–Crippen LogP) is 0.417. The molecule has 1 aromatic rings. The van der Waals surface area contributed by atoms with Crippen LogP contribution in [0.15, 0.2) is 18.5 Å². The number of hydrogen-bond donors (Lipinski definition) is 1. The molecule has 0 saturated carbocycles. The third kappa shape index (κ3) is 0.926. The summed E-state index contributed by atoms with van der Waals surface area (Å²) in [5, 5.41) is 7.47. The molecule has 1 N–H and O–H groups in total. The van der Waals surface area contributed by atoms with Crippen molar-refractivity contribution in [1.29, 1.82) is 0 Å². The summed E-state index contributed by atoms with van der Waals surface area (Å²) in [6.45, 7) is 2.20. The molecule has 1 atom stereocenters. The first-order chi connectivity index (χ1) is 4.97. The SMILES string of the molecule is c1cnn([C@H]2CCNC2)c1. The summed E-state index contributed by atoms with van der Waals surface area (Å²) in [5.74, 6) is 0. The summed E-state index contributed by atoms with van der Waals surface area (Å²) in [6, 6.07) is 2.56. The number of rotatable bonds is 1. The molecule has 1 fully saturated rings. The topological polar surface area (TPSA) is 29.9 Å². The molecule has 2 rings (SSSR count). The summed E-state index contributed by atoms with van der Waals surface area (Å²) in [6.07, 6.45) is 5.07. The van der Waals surface area contributed by atoms with Crippen LogP contribution in [0.1, 0.15) is 12.5 Å². The molecule has 0 aliphatic carbocycles. The first-order valence-electron chi connectivity index (χ1n) is 3.66. The molecule has 10 heavy (non-hydrogen) atoms. The van der Waals surface area contributed by atoms with Gasteiger partial charge in [0.2, 0.25) is 0 Å². The molecule has 0 radical (unpaired) electrons. The normalized spacial score (nSPS) is 25.4. The molecular formula is C7H11N3. The van der Waals surface area contributed by atoms with E-state index in [0.717, 1.165) is 13.1 Å². The highest BCUT2D eigenvalue weighted by Crippen LogP contribution is 2.12. The lowest BCUT2D eigenvalue weighted by atomic mass is 10.3.